The van der Waals surface area contributed by atoms with E-state index in [1.165, 1.54) is 0 Å². The summed E-state index contributed by atoms with van der Waals surface area (Å²) in [5.41, 5.74) is 2.06. The minimum atomic E-state index is -0.137. The normalized spacial score (nSPS) is 11.7. The zero-order valence-corrected chi connectivity index (χ0v) is 13.9. The maximum Gasteiger partial charge on any atom is 0.253 e. The summed E-state index contributed by atoms with van der Waals surface area (Å²) in [6.07, 6.45) is 4.13. The molecule has 0 saturated carbocycles. The monoisotopic (exact) mass is 314 g/mol. The second-order valence-corrected chi connectivity index (χ2v) is 5.28. The van der Waals surface area contributed by atoms with Gasteiger partial charge in [0.1, 0.15) is 11.5 Å². The van der Waals surface area contributed by atoms with E-state index in [0.717, 1.165) is 17.5 Å². The highest BCUT2D eigenvalue weighted by atomic mass is 16.5. The lowest BCUT2D eigenvalue weighted by atomic mass is 10.0. The van der Waals surface area contributed by atoms with Crippen molar-refractivity contribution in [1.29, 1.82) is 0 Å². The van der Waals surface area contributed by atoms with Crippen LogP contribution in [-0.4, -0.2) is 31.2 Å². The molecule has 23 heavy (non-hydrogen) atoms. The van der Waals surface area contributed by atoms with Crippen molar-refractivity contribution in [3.63, 3.8) is 0 Å². The number of carbonyl (C=O) groups is 1. The molecule has 1 heterocycles. The van der Waals surface area contributed by atoms with Gasteiger partial charge in [0.2, 0.25) is 0 Å². The summed E-state index contributed by atoms with van der Waals surface area (Å²) in [5, 5.41) is 2.94. The van der Waals surface area contributed by atoms with Crippen molar-refractivity contribution in [2.24, 2.45) is 0 Å². The minimum Gasteiger partial charge on any atom is -0.496 e. The highest BCUT2D eigenvalue weighted by Gasteiger charge is 2.15. The van der Waals surface area contributed by atoms with E-state index in [-0.39, 0.29) is 11.9 Å². The Morgan fingerprint density at radius 1 is 1.22 bits per heavy atom. The summed E-state index contributed by atoms with van der Waals surface area (Å²) in [6.45, 7) is 4.00. The Kier molecular flexibility index (Phi) is 5.57. The van der Waals surface area contributed by atoms with E-state index in [1.54, 1.807) is 32.7 Å². The van der Waals surface area contributed by atoms with E-state index < -0.39 is 0 Å². The first-order chi connectivity index (χ1) is 11.1. The zero-order chi connectivity index (χ0) is 16.8. The van der Waals surface area contributed by atoms with Gasteiger partial charge in [0.05, 0.1) is 25.3 Å². The van der Waals surface area contributed by atoms with E-state index in [1.807, 2.05) is 32.0 Å². The molecule has 2 rings (SSSR count). The number of nitrogens with zero attached hydrogens (tertiary/aromatic N) is 1. The number of hydrogen-bond donors (Lipinski definition) is 1. The topological polar surface area (TPSA) is 60.5 Å². The fraction of sp³-hybridized carbons (Fsp3) is 0.333. The fourth-order valence-corrected chi connectivity index (χ4v) is 2.25. The molecule has 0 unspecified atom stereocenters. The van der Waals surface area contributed by atoms with Gasteiger partial charge in [0.15, 0.2) is 0 Å². The van der Waals surface area contributed by atoms with Gasteiger partial charge in [-0.3, -0.25) is 9.78 Å². The molecule has 0 bridgehead atoms. The van der Waals surface area contributed by atoms with Gasteiger partial charge in [0.25, 0.3) is 5.91 Å². The second kappa shape index (κ2) is 7.63. The third-order valence-electron chi connectivity index (χ3n) is 3.71. The molecule has 0 aliphatic rings. The summed E-state index contributed by atoms with van der Waals surface area (Å²) in [4.78, 5) is 16.5. The summed E-state index contributed by atoms with van der Waals surface area (Å²) in [7, 11) is 3.20. The van der Waals surface area contributed by atoms with Crippen LogP contribution in [0.3, 0.4) is 0 Å². The lowest BCUT2D eigenvalue weighted by Crippen LogP contribution is -2.31. The van der Waals surface area contributed by atoms with Crippen molar-refractivity contribution in [2.75, 3.05) is 14.2 Å². The molecule has 1 amide bonds. The number of rotatable bonds is 6. The van der Waals surface area contributed by atoms with Gasteiger partial charge in [-0.15, -0.1) is 0 Å². The molecule has 0 aliphatic heterocycles. The predicted octanol–water partition coefficient (Wildman–Crippen LogP) is 3.29. The summed E-state index contributed by atoms with van der Waals surface area (Å²) in [5.74, 6) is 1.21. The highest BCUT2D eigenvalue weighted by molar-refractivity contribution is 5.95. The lowest BCUT2D eigenvalue weighted by Gasteiger charge is -2.14. The molecule has 0 fully saturated rings. The maximum absolute atomic E-state index is 12.3. The first-order valence-corrected chi connectivity index (χ1v) is 7.58. The molecule has 1 aromatic carbocycles. The molecule has 1 N–H and O–H groups in total. The number of benzene rings is 1. The van der Waals surface area contributed by atoms with Crippen LogP contribution >= 0.6 is 0 Å². The van der Waals surface area contributed by atoms with E-state index in [9.17, 15) is 4.79 Å². The number of nitrogens with one attached hydrogen (secondary N) is 1. The quantitative estimate of drug-likeness (QED) is 0.889. The van der Waals surface area contributed by atoms with Crippen LogP contribution in [-0.2, 0) is 0 Å². The standard InChI is InChI=1S/C18H22N2O3/c1-5-12(2)20-18(21)14-9-13(10-19-11-14)17-15(22-3)7-6-8-16(17)23-4/h6-12H,5H2,1-4H3,(H,20,21)/t12-/m1/s1. The van der Waals surface area contributed by atoms with Crippen LogP contribution in [0.1, 0.15) is 30.6 Å². The Morgan fingerprint density at radius 3 is 2.43 bits per heavy atom. The summed E-state index contributed by atoms with van der Waals surface area (Å²) in [6, 6.07) is 7.47. The van der Waals surface area contributed by atoms with Gasteiger partial charge in [0, 0.05) is 24.0 Å². The molecule has 0 radical (unpaired) electrons. The lowest BCUT2D eigenvalue weighted by molar-refractivity contribution is 0.0939. The van der Waals surface area contributed by atoms with E-state index in [2.05, 4.69) is 10.3 Å². The molecule has 0 aliphatic carbocycles. The van der Waals surface area contributed by atoms with Gasteiger partial charge >= 0.3 is 0 Å². The number of methoxy groups -OCH3 is 2. The Hall–Kier alpha value is -2.56. The van der Waals surface area contributed by atoms with Crippen LogP contribution in [0, 0.1) is 0 Å². The molecular weight excluding hydrogens is 292 g/mol. The third-order valence-corrected chi connectivity index (χ3v) is 3.71. The smallest absolute Gasteiger partial charge is 0.253 e. The number of pyridine rings is 1. The van der Waals surface area contributed by atoms with Crippen molar-refractivity contribution in [3.05, 3.63) is 42.2 Å². The molecule has 0 saturated heterocycles. The Labute approximate surface area is 136 Å². The van der Waals surface area contributed by atoms with Crippen molar-refractivity contribution >= 4 is 5.91 Å². The maximum atomic E-state index is 12.3. The summed E-state index contributed by atoms with van der Waals surface area (Å²) < 4.78 is 10.8. The van der Waals surface area contributed by atoms with Crippen LogP contribution in [0.4, 0.5) is 0 Å². The van der Waals surface area contributed by atoms with Crippen molar-refractivity contribution in [3.8, 4) is 22.6 Å². The van der Waals surface area contributed by atoms with Gasteiger partial charge in [-0.25, -0.2) is 0 Å². The predicted molar refractivity (Wildman–Crippen MR) is 90.0 cm³/mol. The van der Waals surface area contributed by atoms with Crippen LogP contribution in [0.5, 0.6) is 11.5 Å². The first-order valence-electron chi connectivity index (χ1n) is 7.58. The number of amides is 1. The SMILES string of the molecule is CC[C@@H](C)NC(=O)c1cncc(-c2c(OC)cccc2OC)c1. The van der Waals surface area contributed by atoms with Crippen molar-refractivity contribution < 1.29 is 14.3 Å². The number of carbonyl (C=O) groups excluding carboxylic acids is 1. The van der Waals surface area contributed by atoms with Crippen LogP contribution in [0.2, 0.25) is 0 Å². The average Bonchev–Trinajstić information content (AvgIpc) is 2.60. The van der Waals surface area contributed by atoms with Crippen molar-refractivity contribution in [1.82, 2.24) is 10.3 Å². The number of ether oxygens (including phenoxy) is 2. The Morgan fingerprint density at radius 2 is 1.87 bits per heavy atom. The highest BCUT2D eigenvalue weighted by Crippen LogP contribution is 2.38. The largest absolute Gasteiger partial charge is 0.496 e. The van der Waals surface area contributed by atoms with E-state index in [0.29, 0.717) is 17.1 Å². The van der Waals surface area contributed by atoms with Gasteiger partial charge in [-0.1, -0.05) is 13.0 Å². The number of aromatic nitrogens is 1. The van der Waals surface area contributed by atoms with Crippen LogP contribution < -0.4 is 14.8 Å². The molecule has 2 aromatic rings. The molecule has 1 aromatic heterocycles. The van der Waals surface area contributed by atoms with Gasteiger partial charge in [-0.05, 0) is 31.5 Å². The first kappa shape index (κ1) is 16.8. The fourth-order valence-electron chi connectivity index (χ4n) is 2.25. The van der Waals surface area contributed by atoms with E-state index in [4.69, 9.17) is 9.47 Å². The van der Waals surface area contributed by atoms with Gasteiger partial charge < -0.3 is 14.8 Å². The van der Waals surface area contributed by atoms with E-state index >= 15 is 0 Å². The Bertz CT molecular complexity index is 663. The zero-order valence-electron chi connectivity index (χ0n) is 13.9. The Balaban J connectivity index is 2.43. The molecular formula is C18H22N2O3. The summed E-state index contributed by atoms with van der Waals surface area (Å²) >= 11 is 0. The van der Waals surface area contributed by atoms with Crippen LogP contribution in [0.15, 0.2) is 36.7 Å². The minimum absolute atomic E-state index is 0.118. The average molecular weight is 314 g/mol. The molecule has 5 heteroatoms. The molecule has 1 atom stereocenters. The van der Waals surface area contributed by atoms with Gasteiger partial charge in [-0.2, -0.15) is 0 Å². The van der Waals surface area contributed by atoms with Crippen molar-refractivity contribution in [2.45, 2.75) is 26.3 Å². The second-order valence-electron chi connectivity index (χ2n) is 5.28. The molecule has 122 valence electrons. The third kappa shape index (κ3) is 3.80. The number of hydrogen-bond acceptors (Lipinski definition) is 4. The molecule has 0 spiro atoms. The van der Waals surface area contributed by atoms with Crippen LogP contribution in [0.25, 0.3) is 11.1 Å². The molecule has 5 nitrogen and oxygen atoms in total.